The van der Waals surface area contributed by atoms with Gasteiger partial charge in [-0.25, -0.2) is 0 Å². The van der Waals surface area contributed by atoms with Crippen molar-refractivity contribution in [1.29, 1.82) is 0 Å². The lowest BCUT2D eigenvalue weighted by molar-refractivity contribution is -0.139. The molecule has 0 bridgehead atoms. The Morgan fingerprint density at radius 3 is 1.52 bits per heavy atom. The Bertz CT molecular complexity index is 510. The van der Waals surface area contributed by atoms with E-state index in [2.05, 4.69) is 39.2 Å². The summed E-state index contributed by atoms with van der Waals surface area (Å²) in [6.07, 6.45) is 8.10. The second kappa shape index (κ2) is 56.3. The van der Waals surface area contributed by atoms with Crippen molar-refractivity contribution in [3.05, 3.63) is 0 Å². The Morgan fingerprint density at radius 2 is 1.17 bits per heavy atom. The molecule has 2 unspecified atom stereocenters. The molecule has 258 valence electrons. The highest BCUT2D eigenvalue weighted by Crippen LogP contribution is 2.09. The summed E-state index contributed by atoms with van der Waals surface area (Å²) in [6, 6.07) is -0.558. The first-order chi connectivity index (χ1) is 20.3. The minimum atomic E-state index is -0.868. The number of ether oxygens (including phenoxy) is 4. The van der Waals surface area contributed by atoms with Crippen LogP contribution in [0.15, 0.2) is 0 Å². The molecule has 2 atom stereocenters. The average Bonchev–Trinajstić information content (AvgIpc) is 3.01. The van der Waals surface area contributed by atoms with Crippen LogP contribution < -0.4 is 10.4 Å². The summed E-state index contributed by atoms with van der Waals surface area (Å²) in [6.45, 7) is 21.8. The molecule has 42 heavy (non-hydrogen) atoms. The lowest BCUT2D eigenvalue weighted by Gasteiger charge is -2.10. The van der Waals surface area contributed by atoms with Crippen molar-refractivity contribution in [2.24, 2.45) is 0 Å². The number of ketones is 1. The van der Waals surface area contributed by atoms with Gasteiger partial charge in [-0.1, -0.05) is 86.4 Å². The lowest BCUT2D eigenvalue weighted by Crippen LogP contribution is -2.31. The van der Waals surface area contributed by atoms with Gasteiger partial charge >= 0.3 is 5.97 Å². The number of nitrogens with one attached hydrogen (secondary N) is 2. The number of unbranched alkanes of at least 4 members (excludes halogenated alkanes) is 1. The summed E-state index contributed by atoms with van der Waals surface area (Å²) in [5.74, 6) is -0.974. The monoisotopic (exact) mass is 666 g/mol. The average molecular weight is 667 g/mol. The zero-order valence-electron chi connectivity index (χ0n) is 28.7. The molecule has 0 saturated carbocycles. The molecule has 0 aliphatic heterocycles. The van der Waals surface area contributed by atoms with Crippen molar-refractivity contribution >= 4 is 48.6 Å². The Labute approximate surface area is 269 Å². The molecule has 0 fully saturated rings. The molecule has 0 spiro atoms. The number of rotatable bonds is 22. The maximum atomic E-state index is 11.4. The third-order valence-corrected chi connectivity index (χ3v) is 5.62. The highest BCUT2D eigenvalue weighted by atomic mass is 33.1. The van der Waals surface area contributed by atoms with E-state index >= 15 is 0 Å². The fraction of sp³-hybridized carbons (Fsp3) is 0.897. The zero-order chi connectivity index (χ0) is 33.9. The van der Waals surface area contributed by atoms with Crippen LogP contribution in [0.1, 0.15) is 94.4 Å². The first-order valence-corrected chi connectivity index (χ1v) is 18.7. The molecule has 0 aliphatic carbocycles. The number of hydrogen-bond acceptors (Lipinski definition) is 10. The van der Waals surface area contributed by atoms with Crippen LogP contribution in [-0.4, -0.2) is 101 Å². The molecule has 1 amide bonds. The van der Waals surface area contributed by atoms with Gasteiger partial charge in [0.2, 0.25) is 5.91 Å². The van der Waals surface area contributed by atoms with Crippen molar-refractivity contribution in [2.75, 3.05) is 71.9 Å². The molecule has 10 nitrogen and oxygen atoms in total. The van der Waals surface area contributed by atoms with E-state index in [9.17, 15) is 14.4 Å². The molecule has 0 aromatic carbocycles. The van der Waals surface area contributed by atoms with Crippen LogP contribution >= 0.6 is 31.0 Å². The summed E-state index contributed by atoms with van der Waals surface area (Å²) in [5.41, 5.74) is 0. The fourth-order valence-electron chi connectivity index (χ4n) is 2.14. The number of hydrogen-bond donors (Lipinski definition) is 3. The predicted molar refractivity (Wildman–Crippen MR) is 187 cm³/mol. The largest absolute Gasteiger partial charge is 0.480 e. The normalized spacial score (nSPS) is 9.81. The number of Topliss-reactive ketones (excluding diaryl/α,β-unsaturated/α-hetero) is 1. The van der Waals surface area contributed by atoms with E-state index in [1.165, 1.54) is 6.92 Å². The molecule has 0 rings (SSSR count). The van der Waals surface area contributed by atoms with Gasteiger partial charge in [0, 0.05) is 19.8 Å². The van der Waals surface area contributed by atoms with Crippen molar-refractivity contribution in [3.8, 4) is 0 Å². The van der Waals surface area contributed by atoms with E-state index in [0.29, 0.717) is 46.0 Å². The molecule has 3 N–H and O–H groups in total. The minimum absolute atomic E-state index is 0.0282. The molecule has 0 radical (unpaired) electrons. The summed E-state index contributed by atoms with van der Waals surface area (Å²) in [4.78, 5) is 32.5. The molecule has 0 aromatic rings. The third-order valence-electron chi connectivity index (χ3n) is 3.89. The maximum Gasteiger partial charge on any atom is 0.320 e. The smallest absolute Gasteiger partial charge is 0.320 e. The van der Waals surface area contributed by atoms with Crippen LogP contribution in [0.5, 0.6) is 0 Å². The molecule has 0 aliphatic rings. The van der Waals surface area contributed by atoms with Gasteiger partial charge in [0.15, 0.2) is 5.78 Å². The van der Waals surface area contributed by atoms with Crippen molar-refractivity contribution in [2.45, 2.75) is 100 Å². The van der Waals surface area contributed by atoms with Gasteiger partial charge in [-0.3, -0.25) is 19.5 Å². The second-order valence-electron chi connectivity index (χ2n) is 7.27. The molecule has 13 heteroatoms. The van der Waals surface area contributed by atoms with Gasteiger partial charge in [-0.15, -0.1) is 0 Å². The summed E-state index contributed by atoms with van der Waals surface area (Å²) < 4.78 is 20.5. The summed E-state index contributed by atoms with van der Waals surface area (Å²) >= 11 is 0. The SMILES string of the molecule is CC.CC.CC.CCCOCCOCC(=O)NCCCCC(NP)C(=O)O.CCCOCCOCC(C)=O.CSSC. The highest BCUT2D eigenvalue weighted by Gasteiger charge is 2.13. The number of carbonyl (C=O) groups excluding carboxylic acids is 2. The number of carbonyl (C=O) groups is 3. The molecular weight excluding hydrogens is 599 g/mol. The molecule has 0 saturated heterocycles. The quantitative estimate of drug-likeness (QED) is 0.0686. The summed E-state index contributed by atoms with van der Waals surface area (Å²) in [5, 5.41) is 14.2. The number of aliphatic carboxylic acids is 1. The van der Waals surface area contributed by atoms with Gasteiger partial charge < -0.3 is 29.4 Å². The highest BCUT2D eigenvalue weighted by molar-refractivity contribution is 8.76. The van der Waals surface area contributed by atoms with E-state index in [0.717, 1.165) is 32.3 Å². The van der Waals surface area contributed by atoms with Crippen LogP contribution in [0.25, 0.3) is 0 Å². The van der Waals surface area contributed by atoms with E-state index < -0.39 is 12.0 Å². The Morgan fingerprint density at radius 1 is 0.738 bits per heavy atom. The molecule has 0 aromatic heterocycles. The van der Waals surface area contributed by atoms with Gasteiger partial charge in [0.1, 0.15) is 19.3 Å². The lowest BCUT2D eigenvalue weighted by atomic mass is 10.1. The second-order valence-corrected chi connectivity index (χ2v) is 10.3. The first-order valence-electron chi connectivity index (χ1n) is 15.1. The first kappa shape index (κ1) is 54.1. The standard InChI is InChI=1S/C13H27N2O5P.C8H16O3.C2H6S2.3C2H6/c1-2-7-19-8-9-20-10-12(16)14-6-4-3-5-11(15-21)13(17)18;1-3-4-10-5-6-11-7-8(2)9;1-3-4-2;3*1-2/h11,15H,2-10,21H2,1H3,(H,14,16)(H,17,18);3-7H2,1-2H3;1-2H3;3*1-2H3. The number of carboxylic acids is 1. The van der Waals surface area contributed by atoms with E-state index in [-0.39, 0.29) is 24.9 Å². The van der Waals surface area contributed by atoms with Crippen molar-refractivity contribution in [1.82, 2.24) is 10.4 Å². The van der Waals surface area contributed by atoms with E-state index in [4.69, 9.17) is 24.1 Å². The Balaban J connectivity index is -0.000000129. The van der Waals surface area contributed by atoms with Crippen LogP contribution in [0, 0.1) is 0 Å². The number of amides is 1. The van der Waals surface area contributed by atoms with Crippen molar-refractivity contribution < 1.29 is 38.4 Å². The molecule has 0 heterocycles. The van der Waals surface area contributed by atoms with Crippen molar-refractivity contribution in [3.63, 3.8) is 0 Å². The van der Waals surface area contributed by atoms with Gasteiger partial charge in [0.05, 0.1) is 26.4 Å². The Kier molecular flexibility index (Phi) is 72.5. The van der Waals surface area contributed by atoms with Crippen LogP contribution in [0.4, 0.5) is 0 Å². The van der Waals surface area contributed by atoms with Gasteiger partial charge in [-0.2, -0.15) is 0 Å². The third kappa shape index (κ3) is 63.0. The van der Waals surface area contributed by atoms with Crippen LogP contribution in [-0.2, 0) is 33.3 Å². The predicted octanol–water partition coefficient (Wildman–Crippen LogP) is 6.27. The zero-order valence-corrected chi connectivity index (χ0v) is 31.5. The summed E-state index contributed by atoms with van der Waals surface area (Å²) in [7, 11) is 5.75. The maximum absolute atomic E-state index is 11.4. The van der Waals surface area contributed by atoms with Crippen LogP contribution in [0.3, 0.4) is 0 Å². The fourth-order valence-corrected chi connectivity index (χ4v) is 2.45. The van der Waals surface area contributed by atoms with Gasteiger partial charge in [-0.05, 0) is 51.5 Å². The van der Waals surface area contributed by atoms with E-state index in [1.54, 1.807) is 21.6 Å². The van der Waals surface area contributed by atoms with Crippen LogP contribution in [0.2, 0.25) is 0 Å². The number of carboxylic acid groups (broad SMARTS) is 1. The molecular formula is C29H67N2O8PS2. The minimum Gasteiger partial charge on any atom is -0.480 e. The van der Waals surface area contributed by atoms with Gasteiger partial charge in [0.25, 0.3) is 0 Å². The Hall–Kier alpha value is -0.460. The topological polar surface area (TPSA) is 132 Å². The van der Waals surface area contributed by atoms with E-state index in [1.807, 2.05) is 48.5 Å².